The van der Waals surface area contributed by atoms with Crippen molar-refractivity contribution in [1.82, 2.24) is 0 Å². The maximum Gasteiger partial charge on any atom is 0.130 e. The second-order valence-electron chi connectivity index (χ2n) is 4.22. The Bertz CT molecular complexity index is 559. The zero-order valence-corrected chi connectivity index (χ0v) is 12.5. The molecule has 2 aromatic carbocycles. The van der Waals surface area contributed by atoms with Crippen molar-refractivity contribution in [2.24, 2.45) is 0 Å². The number of hydrogen-bond donors (Lipinski definition) is 2. The first-order chi connectivity index (χ1) is 9.60. The van der Waals surface area contributed by atoms with Crippen LogP contribution in [0, 0.1) is 0 Å². The Labute approximate surface area is 119 Å². The van der Waals surface area contributed by atoms with E-state index in [1.165, 1.54) is 0 Å². The highest BCUT2D eigenvalue weighted by molar-refractivity contribution is 7.73. The van der Waals surface area contributed by atoms with Crippen molar-refractivity contribution in [2.45, 2.75) is 0 Å². The summed E-state index contributed by atoms with van der Waals surface area (Å²) in [7, 11) is 2.10. The number of hydrogen-bond acceptors (Lipinski definition) is 4. The number of ether oxygens (including phenoxy) is 2. The minimum Gasteiger partial charge on any atom is -0.507 e. The van der Waals surface area contributed by atoms with Crippen molar-refractivity contribution in [3.05, 3.63) is 36.4 Å². The average Bonchev–Trinajstić information content (AvgIpc) is 2.45. The van der Waals surface area contributed by atoms with Crippen LogP contribution in [0.1, 0.15) is 0 Å². The Balaban J connectivity index is 2.60. The van der Waals surface area contributed by atoms with E-state index >= 15 is 0 Å². The molecule has 0 bridgehead atoms. The lowest BCUT2D eigenvalue weighted by Gasteiger charge is -2.20. The molecule has 0 fully saturated rings. The molecule has 0 unspecified atom stereocenters. The van der Waals surface area contributed by atoms with Gasteiger partial charge in [-0.1, -0.05) is 12.1 Å². The molecule has 0 aliphatic carbocycles. The predicted molar refractivity (Wildman–Crippen MR) is 81.4 cm³/mol. The van der Waals surface area contributed by atoms with Crippen LogP contribution in [0.3, 0.4) is 0 Å². The van der Waals surface area contributed by atoms with Crippen molar-refractivity contribution < 1.29 is 19.7 Å². The molecule has 5 heteroatoms. The van der Waals surface area contributed by atoms with Gasteiger partial charge in [0, 0.05) is 0 Å². The van der Waals surface area contributed by atoms with Crippen LogP contribution in [0.5, 0.6) is 23.0 Å². The molecule has 0 saturated heterocycles. The summed E-state index contributed by atoms with van der Waals surface area (Å²) in [6.07, 6.45) is 0. The van der Waals surface area contributed by atoms with Crippen molar-refractivity contribution in [3.8, 4) is 23.0 Å². The van der Waals surface area contributed by atoms with Gasteiger partial charge in [-0.2, -0.15) is 0 Å². The fourth-order valence-corrected chi connectivity index (χ4v) is 4.19. The average molecular weight is 292 g/mol. The van der Waals surface area contributed by atoms with Gasteiger partial charge >= 0.3 is 0 Å². The third-order valence-electron chi connectivity index (χ3n) is 3.07. The van der Waals surface area contributed by atoms with Crippen LogP contribution in [-0.2, 0) is 0 Å². The van der Waals surface area contributed by atoms with E-state index in [4.69, 9.17) is 9.47 Å². The quantitative estimate of drug-likeness (QED) is 0.848. The third kappa shape index (κ3) is 2.52. The topological polar surface area (TPSA) is 58.9 Å². The summed E-state index contributed by atoms with van der Waals surface area (Å²) < 4.78 is 10.6. The zero-order chi connectivity index (χ0) is 14.7. The van der Waals surface area contributed by atoms with E-state index in [2.05, 4.69) is 0 Å². The highest BCUT2D eigenvalue weighted by Gasteiger charge is 2.23. The minimum atomic E-state index is -1.02. The lowest BCUT2D eigenvalue weighted by Crippen LogP contribution is -2.16. The lowest BCUT2D eigenvalue weighted by atomic mass is 10.3. The first-order valence-electron chi connectivity index (χ1n) is 6.05. The van der Waals surface area contributed by atoms with Gasteiger partial charge in [-0.15, -0.1) is 0 Å². The first-order valence-corrected chi connectivity index (χ1v) is 7.84. The highest BCUT2D eigenvalue weighted by Crippen LogP contribution is 2.42. The summed E-state index contributed by atoms with van der Waals surface area (Å²) in [5.74, 6) is 1.51. The van der Waals surface area contributed by atoms with Crippen molar-refractivity contribution in [2.75, 3.05) is 20.9 Å². The second kappa shape index (κ2) is 6.02. The van der Waals surface area contributed by atoms with E-state index in [-0.39, 0.29) is 11.5 Å². The summed E-state index contributed by atoms with van der Waals surface area (Å²) in [5, 5.41) is 21.6. The largest absolute Gasteiger partial charge is 0.507 e. The molecule has 106 valence electrons. The van der Waals surface area contributed by atoms with Crippen LogP contribution in [0.25, 0.3) is 0 Å². The highest BCUT2D eigenvalue weighted by atomic mass is 31.1. The molecule has 0 atom stereocenters. The minimum absolute atomic E-state index is 0.156. The zero-order valence-electron chi connectivity index (χ0n) is 11.6. The Morgan fingerprint density at radius 2 is 1.20 bits per heavy atom. The number of methoxy groups -OCH3 is 2. The van der Waals surface area contributed by atoms with Gasteiger partial charge in [0.25, 0.3) is 0 Å². The standard InChI is InChI=1S/C15H17O4P/c1-18-12-8-4-6-10(16)14(12)20(3)15-11(17)7-5-9-13(15)19-2/h4-9,16-17H,1-3H3. The molecule has 0 aromatic heterocycles. The van der Waals surface area contributed by atoms with Crippen LogP contribution < -0.4 is 20.1 Å². The number of rotatable bonds is 4. The Kier molecular flexibility index (Phi) is 4.35. The van der Waals surface area contributed by atoms with E-state index in [0.29, 0.717) is 22.1 Å². The Morgan fingerprint density at radius 3 is 1.55 bits per heavy atom. The number of phenols is 2. The third-order valence-corrected chi connectivity index (χ3v) is 5.31. The molecule has 2 N–H and O–H groups in total. The van der Waals surface area contributed by atoms with Gasteiger partial charge in [-0.3, -0.25) is 0 Å². The molecule has 0 spiro atoms. The molecule has 4 nitrogen and oxygen atoms in total. The molecule has 0 radical (unpaired) electrons. The van der Waals surface area contributed by atoms with Gasteiger partial charge in [0.15, 0.2) is 0 Å². The summed E-state index contributed by atoms with van der Waals surface area (Å²) >= 11 is 0. The summed E-state index contributed by atoms with van der Waals surface area (Å²) in [5.41, 5.74) is 0. The molecule has 0 saturated carbocycles. The second-order valence-corrected chi connectivity index (χ2v) is 6.23. The van der Waals surface area contributed by atoms with Crippen molar-refractivity contribution in [1.29, 1.82) is 0 Å². The fraction of sp³-hybridized carbons (Fsp3) is 0.200. The SMILES string of the molecule is COc1cccc(O)c1P(C)c1c(O)cccc1OC. The molecule has 0 aliphatic rings. The monoisotopic (exact) mass is 292 g/mol. The normalized spacial score (nSPS) is 10.6. The van der Waals surface area contributed by atoms with E-state index < -0.39 is 7.92 Å². The van der Waals surface area contributed by atoms with Gasteiger partial charge < -0.3 is 19.7 Å². The number of benzene rings is 2. The van der Waals surface area contributed by atoms with Gasteiger partial charge in [-0.25, -0.2) is 0 Å². The van der Waals surface area contributed by atoms with Crippen LogP contribution in [0.15, 0.2) is 36.4 Å². The van der Waals surface area contributed by atoms with Crippen molar-refractivity contribution >= 4 is 18.5 Å². The van der Waals surface area contributed by atoms with E-state index in [0.717, 1.165) is 0 Å². The first kappa shape index (κ1) is 14.5. The molecular formula is C15H17O4P. The van der Waals surface area contributed by atoms with E-state index in [9.17, 15) is 10.2 Å². The maximum absolute atomic E-state index is 10.1. The number of aromatic hydroxyl groups is 2. The molecule has 0 heterocycles. The predicted octanol–water partition coefficient (Wildman–Crippen LogP) is 2.18. The summed E-state index contributed by atoms with van der Waals surface area (Å²) in [4.78, 5) is 0. The Morgan fingerprint density at radius 1 is 0.800 bits per heavy atom. The van der Waals surface area contributed by atoms with E-state index in [1.807, 2.05) is 6.66 Å². The lowest BCUT2D eigenvalue weighted by molar-refractivity contribution is 0.412. The smallest absolute Gasteiger partial charge is 0.130 e. The van der Waals surface area contributed by atoms with E-state index in [1.54, 1.807) is 50.6 Å². The van der Waals surface area contributed by atoms with Crippen LogP contribution in [0.2, 0.25) is 0 Å². The number of phenolic OH excluding ortho intramolecular Hbond substituents is 2. The molecule has 2 aromatic rings. The molecule has 0 amide bonds. The summed E-state index contributed by atoms with van der Waals surface area (Å²) in [6.45, 7) is 1.95. The van der Waals surface area contributed by atoms with Crippen molar-refractivity contribution in [3.63, 3.8) is 0 Å². The Hall–Kier alpha value is -1.93. The molecule has 20 heavy (non-hydrogen) atoms. The van der Waals surface area contributed by atoms with Crippen LogP contribution >= 0.6 is 7.92 Å². The summed E-state index contributed by atoms with van der Waals surface area (Å²) in [6, 6.07) is 10.3. The van der Waals surface area contributed by atoms with Gasteiger partial charge in [-0.05, 0) is 38.9 Å². The molecular weight excluding hydrogens is 275 g/mol. The molecule has 0 aliphatic heterocycles. The molecule has 2 rings (SSSR count). The van der Waals surface area contributed by atoms with Gasteiger partial charge in [0.2, 0.25) is 0 Å². The van der Waals surface area contributed by atoms with Crippen LogP contribution in [-0.4, -0.2) is 31.1 Å². The maximum atomic E-state index is 10.1. The van der Waals surface area contributed by atoms with Crippen LogP contribution in [0.4, 0.5) is 0 Å². The van der Waals surface area contributed by atoms with Gasteiger partial charge in [0.1, 0.15) is 23.0 Å². The van der Waals surface area contributed by atoms with Gasteiger partial charge in [0.05, 0.1) is 24.8 Å². The fourth-order valence-electron chi connectivity index (χ4n) is 2.14.